The van der Waals surface area contributed by atoms with Crippen LogP contribution in [-0.2, 0) is 6.54 Å². The number of carboxylic acids is 1. The van der Waals surface area contributed by atoms with Crippen LogP contribution in [0.5, 0.6) is 5.75 Å². The number of rotatable bonds is 9. The van der Waals surface area contributed by atoms with Crippen molar-refractivity contribution in [1.82, 2.24) is 9.88 Å². The first kappa shape index (κ1) is 26.8. The summed E-state index contributed by atoms with van der Waals surface area (Å²) in [5.74, 6) is -0.0768. The van der Waals surface area contributed by atoms with Crippen molar-refractivity contribution in [3.05, 3.63) is 131 Å². The van der Waals surface area contributed by atoms with E-state index >= 15 is 0 Å². The second kappa shape index (κ2) is 11.1. The number of hydrogen-bond acceptors (Lipinski definition) is 3. The number of benzene rings is 4. The SMILES string of the molecule is C=C(NC(C)c1ccc(OC)cc1)c1ccc2c(c1)c(C)c(C)n2Cc1ccc(-c2ccccc2C(=O)O)cc1. The molecule has 1 aromatic heterocycles. The summed E-state index contributed by atoms with van der Waals surface area (Å²) >= 11 is 0. The fourth-order valence-electron chi connectivity index (χ4n) is 5.26. The maximum Gasteiger partial charge on any atom is 0.336 e. The zero-order valence-corrected chi connectivity index (χ0v) is 23.4. The number of fused-ring (bicyclic) bond motifs is 1. The molecule has 1 atom stereocenters. The first-order valence-electron chi connectivity index (χ1n) is 13.4. The van der Waals surface area contributed by atoms with Gasteiger partial charge in [-0.3, -0.25) is 0 Å². The van der Waals surface area contributed by atoms with Crippen LogP contribution in [0.2, 0.25) is 0 Å². The summed E-state index contributed by atoms with van der Waals surface area (Å²) in [6.07, 6.45) is 0. The lowest BCUT2D eigenvalue weighted by Crippen LogP contribution is -2.16. The molecular weight excluding hydrogens is 496 g/mol. The predicted molar refractivity (Wildman–Crippen MR) is 163 cm³/mol. The van der Waals surface area contributed by atoms with Gasteiger partial charge in [-0.2, -0.15) is 0 Å². The highest BCUT2D eigenvalue weighted by molar-refractivity contribution is 5.96. The molecule has 1 heterocycles. The summed E-state index contributed by atoms with van der Waals surface area (Å²) < 4.78 is 7.61. The number of nitrogens with zero attached hydrogens (tertiary/aromatic N) is 1. The summed E-state index contributed by atoms with van der Waals surface area (Å²) in [6, 6.07) is 30.0. The highest BCUT2D eigenvalue weighted by Gasteiger charge is 2.15. The van der Waals surface area contributed by atoms with Gasteiger partial charge in [0.2, 0.25) is 0 Å². The van der Waals surface area contributed by atoms with Crippen LogP contribution in [0, 0.1) is 13.8 Å². The van der Waals surface area contributed by atoms with Gasteiger partial charge >= 0.3 is 5.97 Å². The predicted octanol–water partition coefficient (Wildman–Crippen LogP) is 8.00. The normalized spacial score (nSPS) is 11.8. The van der Waals surface area contributed by atoms with Gasteiger partial charge in [-0.05, 0) is 84.5 Å². The van der Waals surface area contributed by atoms with Crippen molar-refractivity contribution >= 4 is 22.6 Å². The van der Waals surface area contributed by atoms with Crippen LogP contribution in [0.25, 0.3) is 27.7 Å². The number of aromatic carboxylic acids is 1. The maximum atomic E-state index is 11.7. The highest BCUT2D eigenvalue weighted by atomic mass is 16.5. The number of carbonyl (C=O) groups is 1. The topological polar surface area (TPSA) is 63.5 Å². The summed E-state index contributed by atoms with van der Waals surface area (Å²) in [4.78, 5) is 11.7. The van der Waals surface area contributed by atoms with Crippen LogP contribution in [-0.4, -0.2) is 22.8 Å². The Morgan fingerprint density at radius 2 is 1.68 bits per heavy atom. The van der Waals surface area contributed by atoms with Crippen LogP contribution >= 0.6 is 0 Å². The Balaban J connectivity index is 1.37. The lowest BCUT2D eigenvalue weighted by Gasteiger charge is -2.18. The summed E-state index contributed by atoms with van der Waals surface area (Å²) in [5.41, 5.74) is 9.84. The molecule has 0 bridgehead atoms. The Morgan fingerprint density at radius 3 is 2.35 bits per heavy atom. The van der Waals surface area contributed by atoms with Gasteiger partial charge < -0.3 is 19.7 Å². The Bertz CT molecular complexity index is 1700. The molecule has 4 aromatic carbocycles. The first-order chi connectivity index (χ1) is 19.3. The average molecular weight is 531 g/mol. The van der Waals surface area contributed by atoms with E-state index in [4.69, 9.17) is 4.74 Å². The molecular formula is C35H34N2O3. The minimum Gasteiger partial charge on any atom is -0.497 e. The van der Waals surface area contributed by atoms with Crippen molar-refractivity contribution in [3.63, 3.8) is 0 Å². The van der Waals surface area contributed by atoms with Crippen molar-refractivity contribution in [1.29, 1.82) is 0 Å². The number of methoxy groups -OCH3 is 1. The Morgan fingerprint density at radius 1 is 0.975 bits per heavy atom. The molecule has 0 radical (unpaired) electrons. The van der Waals surface area contributed by atoms with E-state index in [1.807, 2.05) is 36.4 Å². The van der Waals surface area contributed by atoms with Crippen molar-refractivity contribution in [2.24, 2.45) is 0 Å². The molecule has 5 heteroatoms. The highest BCUT2D eigenvalue weighted by Crippen LogP contribution is 2.30. The number of aromatic nitrogens is 1. The number of nitrogens with one attached hydrogen (secondary N) is 1. The van der Waals surface area contributed by atoms with Gasteiger partial charge in [0.25, 0.3) is 0 Å². The van der Waals surface area contributed by atoms with Gasteiger partial charge in [0.1, 0.15) is 5.75 Å². The molecule has 40 heavy (non-hydrogen) atoms. The Labute approximate surface area is 235 Å². The lowest BCUT2D eigenvalue weighted by atomic mass is 9.99. The fourth-order valence-corrected chi connectivity index (χ4v) is 5.26. The minimum atomic E-state index is -0.919. The molecule has 202 valence electrons. The second-order valence-electron chi connectivity index (χ2n) is 10.2. The molecule has 5 nitrogen and oxygen atoms in total. The van der Waals surface area contributed by atoms with Gasteiger partial charge in [0.15, 0.2) is 0 Å². The quantitative estimate of drug-likeness (QED) is 0.203. The van der Waals surface area contributed by atoms with Crippen LogP contribution in [0.4, 0.5) is 0 Å². The van der Waals surface area contributed by atoms with Gasteiger partial charge in [-0.15, -0.1) is 0 Å². The van der Waals surface area contributed by atoms with Crippen LogP contribution in [0.15, 0.2) is 97.6 Å². The molecule has 0 spiro atoms. The number of aryl methyl sites for hydroxylation is 1. The van der Waals surface area contributed by atoms with E-state index in [0.29, 0.717) is 5.56 Å². The molecule has 0 fully saturated rings. The summed E-state index contributed by atoms with van der Waals surface area (Å²) in [6.45, 7) is 11.5. The molecule has 1 unspecified atom stereocenters. The molecule has 2 N–H and O–H groups in total. The molecule has 5 aromatic rings. The molecule has 0 aliphatic heterocycles. The first-order valence-corrected chi connectivity index (χ1v) is 13.4. The monoisotopic (exact) mass is 530 g/mol. The van der Waals surface area contributed by atoms with Crippen molar-refractivity contribution in [2.45, 2.75) is 33.4 Å². The van der Waals surface area contributed by atoms with Crippen LogP contribution in [0.3, 0.4) is 0 Å². The molecule has 0 amide bonds. The Kier molecular flexibility index (Phi) is 7.47. The van der Waals surface area contributed by atoms with E-state index in [9.17, 15) is 9.90 Å². The van der Waals surface area contributed by atoms with E-state index < -0.39 is 5.97 Å². The molecule has 0 aliphatic carbocycles. The van der Waals surface area contributed by atoms with Crippen molar-refractivity contribution in [2.75, 3.05) is 7.11 Å². The van der Waals surface area contributed by atoms with E-state index in [1.165, 1.54) is 27.7 Å². The van der Waals surface area contributed by atoms with Crippen LogP contribution < -0.4 is 10.1 Å². The molecule has 0 aliphatic rings. The lowest BCUT2D eigenvalue weighted by molar-refractivity contribution is 0.0697. The molecule has 0 saturated carbocycles. The van der Waals surface area contributed by atoms with Gasteiger partial charge in [-0.25, -0.2) is 4.79 Å². The maximum absolute atomic E-state index is 11.7. The molecule has 0 saturated heterocycles. The van der Waals surface area contributed by atoms with E-state index in [1.54, 1.807) is 19.2 Å². The van der Waals surface area contributed by atoms with E-state index in [0.717, 1.165) is 40.2 Å². The van der Waals surface area contributed by atoms with Gasteiger partial charge in [-0.1, -0.05) is 67.2 Å². The third-order valence-electron chi connectivity index (χ3n) is 7.76. The Hall–Kier alpha value is -4.77. The standard InChI is InChI=1S/C35H34N2O3/c1-22-25(4)37(21-26-10-12-28(13-11-26)31-8-6-7-9-32(31)35(38)39)34-19-16-29(20-33(22)34)24(3)36-23(2)27-14-17-30(40-5)18-15-27/h6-20,23,36H,3,21H2,1-2,4-5H3,(H,38,39). The van der Waals surface area contributed by atoms with E-state index in [-0.39, 0.29) is 6.04 Å². The smallest absolute Gasteiger partial charge is 0.336 e. The summed E-state index contributed by atoms with van der Waals surface area (Å²) in [5, 5.41) is 14.3. The number of carboxylic acid groups (broad SMARTS) is 1. The van der Waals surface area contributed by atoms with Gasteiger partial charge in [0, 0.05) is 34.9 Å². The third kappa shape index (κ3) is 5.23. The summed E-state index contributed by atoms with van der Waals surface area (Å²) in [7, 11) is 1.67. The second-order valence-corrected chi connectivity index (χ2v) is 10.2. The third-order valence-corrected chi connectivity index (χ3v) is 7.76. The fraction of sp³-hybridized carbons (Fsp3) is 0.171. The van der Waals surface area contributed by atoms with Crippen molar-refractivity contribution in [3.8, 4) is 16.9 Å². The van der Waals surface area contributed by atoms with Crippen molar-refractivity contribution < 1.29 is 14.6 Å². The van der Waals surface area contributed by atoms with Crippen LogP contribution in [0.1, 0.15) is 51.3 Å². The molecule has 5 rings (SSSR count). The minimum absolute atomic E-state index is 0.104. The number of hydrogen-bond donors (Lipinski definition) is 2. The zero-order valence-electron chi connectivity index (χ0n) is 23.4. The largest absolute Gasteiger partial charge is 0.497 e. The number of ether oxygens (including phenoxy) is 1. The zero-order chi connectivity index (χ0) is 28.4. The van der Waals surface area contributed by atoms with Gasteiger partial charge in [0.05, 0.1) is 12.7 Å². The average Bonchev–Trinajstić information content (AvgIpc) is 3.21. The van der Waals surface area contributed by atoms with E-state index in [2.05, 4.69) is 79.7 Å².